The van der Waals surface area contributed by atoms with Gasteiger partial charge in [-0.1, -0.05) is 31.4 Å². The minimum absolute atomic E-state index is 0. The Labute approximate surface area is 190 Å². The molecule has 0 aromatic heterocycles. The maximum absolute atomic E-state index is 11.8. The predicted molar refractivity (Wildman–Crippen MR) is 128 cm³/mol. The lowest BCUT2D eigenvalue weighted by atomic mass is 9.87. The van der Waals surface area contributed by atoms with Crippen LogP contribution >= 0.6 is 35.7 Å². The third kappa shape index (κ3) is 5.76. The van der Waals surface area contributed by atoms with Crippen LogP contribution in [-0.2, 0) is 16.6 Å². The highest BCUT2D eigenvalue weighted by atomic mass is 127. The van der Waals surface area contributed by atoms with Gasteiger partial charge >= 0.3 is 0 Å². The molecule has 0 amide bonds. The van der Waals surface area contributed by atoms with Crippen LogP contribution < -0.4 is 10.0 Å². The highest BCUT2D eigenvalue weighted by Gasteiger charge is 2.38. The number of nitrogens with one attached hydrogen (secondary N) is 2. The largest absolute Gasteiger partial charge is 0.352 e. The molecule has 1 saturated carbocycles. The van der Waals surface area contributed by atoms with Gasteiger partial charge in [-0.2, -0.15) is 11.8 Å². The normalized spacial score (nSPS) is 19.9. The molecular formula is C19H31IN4O2S2. The number of aliphatic imine (C=N–C) groups is 1. The van der Waals surface area contributed by atoms with Crippen molar-refractivity contribution >= 4 is 51.7 Å². The van der Waals surface area contributed by atoms with E-state index >= 15 is 0 Å². The summed E-state index contributed by atoms with van der Waals surface area (Å²) >= 11 is 2.15. The smallest absolute Gasteiger partial charge is 0.240 e. The number of rotatable bonds is 4. The number of benzene rings is 1. The zero-order chi connectivity index (χ0) is 19.3. The van der Waals surface area contributed by atoms with Gasteiger partial charge in [0.05, 0.1) is 4.90 Å². The molecule has 0 atom stereocenters. The van der Waals surface area contributed by atoms with E-state index in [0.29, 0.717) is 11.3 Å². The van der Waals surface area contributed by atoms with Gasteiger partial charge in [0.1, 0.15) is 0 Å². The van der Waals surface area contributed by atoms with Crippen molar-refractivity contribution in [1.82, 2.24) is 14.9 Å². The van der Waals surface area contributed by atoms with Gasteiger partial charge in [-0.05, 0) is 37.6 Å². The third-order valence-electron chi connectivity index (χ3n) is 5.48. The van der Waals surface area contributed by atoms with E-state index in [4.69, 9.17) is 0 Å². The summed E-state index contributed by atoms with van der Waals surface area (Å²) in [5, 5.41) is 3.45. The number of sulfonamides is 1. The van der Waals surface area contributed by atoms with Crippen molar-refractivity contribution in [2.75, 3.05) is 32.9 Å². The second kappa shape index (κ2) is 10.5. The minimum atomic E-state index is -3.39. The van der Waals surface area contributed by atoms with Crippen LogP contribution in [0.15, 0.2) is 34.2 Å². The summed E-state index contributed by atoms with van der Waals surface area (Å²) in [6, 6.07) is 6.97. The number of hydrogen-bond donors (Lipinski definition) is 2. The van der Waals surface area contributed by atoms with Crippen LogP contribution in [0.5, 0.6) is 0 Å². The van der Waals surface area contributed by atoms with Gasteiger partial charge in [-0.3, -0.25) is 4.99 Å². The fourth-order valence-corrected chi connectivity index (χ4v) is 6.24. The first-order chi connectivity index (χ1) is 13.0. The summed E-state index contributed by atoms with van der Waals surface area (Å²) in [7, 11) is -0.134. The van der Waals surface area contributed by atoms with E-state index < -0.39 is 10.0 Å². The molecule has 1 saturated heterocycles. The molecule has 0 bridgehead atoms. The maximum atomic E-state index is 11.8. The molecule has 2 fully saturated rings. The van der Waals surface area contributed by atoms with E-state index in [1.807, 2.05) is 19.2 Å². The number of hydrogen-bond acceptors (Lipinski definition) is 4. The second-order valence-corrected chi connectivity index (χ2v) is 10.7. The molecule has 1 aliphatic carbocycles. The zero-order valence-electron chi connectivity index (χ0n) is 16.6. The molecule has 28 heavy (non-hydrogen) atoms. The molecule has 1 aromatic carbocycles. The highest BCUT2D eigenvalue weighted by Crippen LogP contribution is 2.42. The number of halogens is 1. The Morgan fingerprint density at radius 3 is 2.50 bits per heavy atom. The van der Waals surface area contributed by atoms with Crippen LogP contribution in [0.1, 0.15) is 37.7 Å². The van der Waals surface area contributed by atoms with Crippen molar-refractivity contribution < 1.29 is 8.42 Å². The molecule has 1 aliphatic heterocycles. The van der Waals surface area contributed by atoms with Gasteiger partial charge in [-0.25, -0.2) is 13.1 Å². The van der Waals surface area contributed by atoms with Gasteiger partial charge in [0.25, 0.3) is 0 Å². The van der Waals surface area contributed by atoms with E-state index in [1.54, 1.807) is 12.1 Å². The van der Waals surface area contributed by atoms with Crippen molar-refractivity contribution in [3.63, 3.8) is 0 Å². The minimum Gasteiger partial charge on any atom is -0.352 e. The molecule has 3 rings (SSSR count). The molecule has 158 valence electrons. The van der Waals surface area contributed by atoms with Crippen LogP contribution in [-0.4, -0.2) is 57.0 Å². The highest BCUT2D eigenvalue weighted by molar-refractivity contribution is 14.0. The van der Waals surface area contributed by atoms with Crippen molar-refractivity contribution in [2.45, 2.75) is 48.3 Å². The van der Waals surface area contributed by atoms with Crippen molar-refractivity contribution in [1.29, 1.82) is 0 Å². The third-order valence-corrected chi connectivity index (χ3v) is 8.44. The lowest BCUT2D eigenvalue weighted by molar-refractivity contribution is 0.293. The molecule has 0 radical (unpaired) electrons. The van der Waals surface area contributed by atoms with Crippen molar-refractivity contribution in [2.24, 2.45) is 4.99 Å². The second-order valence-electron chi connectivity index (χ2n) is 7.27. The predicted octanol–water partition coefficient (Wildman–Crippen LogP) is 3.04. The molecule has 1 spiro atoms. The van der Waals surface area contributed by atoms with Gasteiger partial charge in [0.15, 0.2) is 5.96 Å². The van der Waals surface area contributed by atoms with E-state index in [9.17, 15) is 8.42 Å². The van der Waals surface area contributed by atoms with Gasteiger partial charge in [0.2, 0.25) is 10.0 Å². The standard InChI is InChI=1S/C19H30N4O2S2.HI/c1-20-18(23-12-13-26-19(15-23)10-4-3-5-11-19)22-14-16-6-8-17(9-7-16)27(24,25)21-2;/h6-9,21H,3-5,10-15H2,1-2H3,(H,20,22);1H. The molecular weight excluding hydrogens is 507 g/mol. The average molecular weight is 539 g/mol. The molecule has 0 unspecified atom stereocenters. The molecule has 1 heterocycles. The monoisotopic (exact) mass is 538 g/mol. The Morgan fingerprint density at radius 1 is 1.21 bits per heavy atom. The first-order valence-corrected chi connectivity index (χ1v) is 12.1. The van der Waals surface area contributed by atoms with Gasteiger partial charge < -0.3 is 10.2 Å². The fourth-order valence-electron chi connectivity index (χ4n) is 3.94. The fraction of sp³-hybridized carbons (Fsp3) is 0.632. The SMILES string of the molecule is CN=C(NCc1ccc(S(=O)(=O)NC)cc1)N1CCSC2(CCCCC2)C1.I. The Balaban J connectivity index is 0.00000280. The molecule has 6 nitrogen and oxygen atoms in total. The van der Waals surface area contributed by atoms with Crippen LogP contribution in [0.4, 0.5) is 0 Å². The van der Waals surface area contributed by atoms with Crippen LogP contribution in [0.3, 0.4) is 0 Å². The number of nitrogens with zero attached hydrogens (tertiary/aromatic N) is 2. The van der Waals surface area contributed by atoms with Gasteiger partial charge in [0, 0.05) is 37.2 Å². The molecule has 1 aromatic rings. The van der Waals surface area contributed by atoms with Crippen LogP contribution in [0.25, 0.3) is 0 Å². The van der Waals surface area contributed by atoms with E-state index in [0.717, 1.165) is 30.4 Å². The van der Waals surface area contributed by atoms with Crippen LogP contribution in [0, 0.1) is 0 Å². The number of thioether (sulfide) groups is 1. The van der Waals surface area contributed by atoms with Crippen molar-refractivity contribution in [3.8, 4) is 0 Å². The Morgan fingerprint density at radius 2 is 1.89 bits per heavy atom. The topological polar surface area (TPSA) is 73.8 Å². The Kier molecular flexibility index (Phi) is 8.90. The summed E-state index contributed by atoms with van der Waals surface area (Å²) in [6.45, 7) is 2.71. The van der Waals surface area contributed by atoms with Crippen LogP contribution in [0.2, 0.25) is 0 Å². The summed E-state index contributed by atoms with van der Waals surface area (Å²) in [5.74, 6) is 2.09. The lowest BCUT2D eigenvalue weighted by Gasteiger charge is -2.45. The first kappa shape index (κ1) is 23.8. The number of guanidine groups is 1. The first-order valence-electron chi connectivity index (χ1n) is 9.60. The average Bonchev–Trinajstić information content (AvgIpc) is 2.69. The Hall–Kier alpha value is -0.520. The summed E-state index contributed by atoms with van der Waals surface area (Å²) < 4.78 is 26.4. The summed E-state index contributed by atoms with van der Waals surface area (Å²) in [5.41, 5.74) is 1.03. The molecule has 2 N–H and O–H groups in total. The molecule has 9 heteroatoms. The van der Waals surface area contributed by atoms with Gasteiger partial charge in [-0.15, -0.1) is 24.0 Å². The van der Waals surface area contributed by atoms with E-state index in [2.05, 4.69) is 31.7 Å². The Bertz CT molecular complexity index is 757. The summed E-state index contributed by atoms with van der Waals surface area (Å²) in [6.07, 6.45) is 6.68. The maximum Gasteiger partial charge on any atom is 0.240 e. The zero-order valence-corrected chi connectivity index (χ0v) is 20.6. The molecule has 2 aliphatic rings. The van der Waals surface area contributed by atoms with Crippen molar-refractivity contribution in [3.05, 3.63) is 29.8 Å². The van der Waals surface area contributed by atoms with E-state index in [-0.39, 0.29) is 28.9 Å². The quantitative estimate of drug-likeness (QED) is 0.351. The lowest BCUT2D eigenvalue weighted by Crippen LogP contribution is -2.53. The van der Waals surface area contributed by atoms with E-state index in [1.165, 1.54) is 39.2 Å². The summed E-state index contributed by atoms with van der Waals surface area (Å²) in [4.78, 5) is 7.16.